The minimum atomic E-state index is -0.504. The van der Waals surface area contributed by atoms with Crippen molar-refractivity contribution < 1.29 is 14.2 Å². The van der Waals surface area contributed by atoms with E-state index < -0.39 is 5.60 Å². The van der Waals surface area contributed by atoms with Crippen LogP contribution in [0, 0.1) is 0 Å². The van der Waals surface area contributed by atoms with Crippen molar-refractivity contribution in [1.29, 1.82) is 0 Å². The minimum Gasteiger partial charge on any atom is -0.485 e. The van der Waals surface area contributed by atoms with Crippen LogP contribution in [0.3, 0.4) is 0 Å². The van der Waals surface area contributed by atoms with Gasteiger partial charge in [0.05, 0.1) is 13.2 Å². The van der Waals surface area contributed by atoms with Crippen LogP contribution in [-0.4, -0.2) is 24.9 Å². The lowest BCUT2D eigenvalue weighted by molar-refractivity contribution is -0.161. The Morgan fingerprint density at radius 1 is 1.11 bits per heavy atom. The molecule has 150 valence electrons. The molecule has 0 spiro atoms. The summed E-state index contributed by atoms with van der Waals surface area (Å²) in [5.41, 5.74) is 2.72. The molecule has 1 N–H and O–H groups in total. The first-order valence-electron chi connectivity index (χ1n) is 10.00. The number of fused-ring (bicyclic) bond motifs is 1. The molecule has 3 rings (SSSR count). The van der Waals surface area contributed by atoms with Gasteiger partial charge in [-0.05, 0) is 51.5 Å². The molecular formula is C24H31NO3. The third-order valence-electron chi connectivity index (χ3n) is 4.91. The third kappa shape index (κ3) is 4.75. The molecule has 0 fully saturated rings. The molecule has 2 aromatic carbocycles. The molecule has 4 heteroatoms. The minimum absolute atomic E-state index is 0.220. The molecular weight excluding hydrogens is 350 g/mol. The average molecular weight is 382 g/mol. The highest BCUT2D eigenvalue weighted by atomic mass is 16.6. The Kier molecular flexibility index (Phi) is 6.76. The van der Waals surface area contributed by atoms with Crippen molar-refractivity contribution in [3.05, 3.63) is 71.8 Å². The molecule has 0 aliphatic carbocycles. The largest absolute Gasteiger partial charge is 0.485 e. The topological polar surface area (TPSA) is 39.7 Å². The molecule has 2 aromatic rings. The first-order valence-corrected chi connectivity index (χ1v) is 10.00. The van der Waals surface area contributed by atoms with Gasteiger partial charge in [-0.25, -0.2) is 0 Å². The van der Waals surface area contributed by atoms with Gasteiger partial charge in [-0.3, -0.25) is 0 Å². The lowest BCUT2D eigenvalue weighted by Crippen LogP contribution is -2.51. The summed E-state index contributed by atoms with van der Waals surface area (Å²) in [4.78, 5) is 0. The maximum absolute atomic E-state index is 6.45. The molecule has 2 unspecified atom stereocenters. The van der Waals surface area contributed by atoms with Gasteiger partial charge < -0.3 is 19.5 Å². The molecule has 0 amide bonds. The first-order chi connectivity index (χ1) is 13.5. The van der Waals surface area contributed by atoms with E-state index in [9.17, 15) is 0 Å². The Labute approximate surface area is 168 Å². The van der Waals surface area contributed by atoms with E-state index in [4.69, 9.17) is 14.2 Å². The second kappa shape index (κ2) is 9.26. The van der Waals surface area contributed by atoms with E-state index in [0.717, 1.165) is 29.1 Å². The second-order valence-corrected chi connectivity index (χ2v) is 7.53. The van der Waals surface area contributed by atoms with E-state index in [1.54, 1.807) is 0 Å². The molecule has 0 saturated carbocycles. The number of rotatable bonds is 8. The van der Waals surface area contributed by atoms with Gasteiger partial charge in [0, 0.05) is 17.8 Å². The molecule has 1 heterocycles. The standard InChI is InChI=1S/C24H31NO3/c1-5-7-15-26-23-22(27-17-18-11-9-8-10-12-18)20-16-19(25-6-2)13-14-21(20)28-24(23,3)4/h5,7-14,16,22-23,25H,6,15,17H2,1-4H3. The number of nitrogens with one attached hydrogen (secondary N) is 1. The lowest BCUT2D eigenvalue weighted by atomic mass is 9.87. The molecule has 28 heavy (non-hydrogen) atoms. The van der Waals surface area contributed by atoms with Crippen molar-refractivity contribution in [3.63, 3.8) is 0 Å². The summed E-state index contributed by atoms with van der Waals surface area (Å²) in [5.74, 6) is 0.857. The number of hydrogen-bond acceptors (Lipinski definition) is 4. The van der Waals surface area contributed by atoms with Crippen molar-refractivity contribution in [1.82, 2.24) is 0 Å². The van der Waals surface area contributed by atoms with E-state index in [1.165, 1.54) is 0 Å². The van der Waals surface area contributed by atoms with Crippen LogP contribution < -0.4 is 10.1 Å². The normalized spacial score (nSPS) is 20.6. The van der Waals surface area contributed by atoms with Gasteiger partial charge in [0.25, 0.3) is 0 Å². The maximum atomic E-state index is 6.45. The monoisotopic (exact) mass is 381 g/mol. The molecule has 2 atom stereocenters. The van der Waals surface area contributed by atoms with Gasteiger partial charge >= 0.3 is 0 Å². The Hall–Kier alpha value is -2.30. The van der Waals surface area contributed by atoms with Crippen molar-refractivity contribution in [2.75, 3.05) is 18.5 Å². The summed E-state index contributed by atoms with van der Waals surface area (Å²) in [5, 5.41) is 3.38. The van der Waals surface area contributed by atoms with Crippen LogP contribution in [0.2, 0.25) is 0 Å². The van der Waals surface area contributed by atoms with E-state index in [-0.39, 0.29) is 12.2 Å². The van der Waals surface area contributed by atoms with E-state index in [0.29, 0.717) is 13.2 Å². The van der Waals surface area contributed by atoms with Crippen molar-refractivity contribution in [2.24, 2.45) is 0 Å². The summed E-state index contributed by atoms with van der Waals surface area (Å²) in [6, 6.07) is 16.4. The predicted molar refractivity (Wildman–Crippen MR) is 114 cm³/mol. The number of ether oxygens (including phenoxy) is 3. The van der Waals surface area contributed by atoms with Gasteiger partial charge in [0.15, 0.2) is 0 Å². The molecule has 1 aliphatic rings. The summed E-state index contributed by atoms with van der Waals surface area (Å²) in [7, 11) is 0. The highest BCUT2D eigenvalue weighted by molar-refractivity contribution is 5.53. The molecule has 0 saturated heterocycles. The number of hydrogen-bond donors (Lipinski definition) is 1. The fourth-order valence-electron chi connectivity index (χ4n) is 3.53. The third-order valence-corrected chi connectivity index (χ3v) is 4.91. The number of benzene rings is 2. The van der Waals surface area contributed by atoms with Crippen LogP contribution in [-0.2, 0) is 16.1 Å². The van der Waals surface area contributed by atoms with E-state index >= 15 is 0 Å². The number of anilines is 1. The molecule has 0 aromatic heterocycles. The number of allylic oxidation sites excluding steroid dienone is 1. The zero-order valence-corrected chi connectivity index (χ0v) is 17.3. The van der Waals surface area contributed by atoms with Gasteiger partial charge in [0.1, 0.15) is 23.6 Å². The quantitative estimate of drug-likeness (QED) is 0.612. The van der Waals surface area contributed by atoms with Gasteiger partial charge in [0.2, 0.25) is 0 Å². The van der Waals surface area contributed by atoms with Gasteiger partial charge in [-0.15, -0.1) is 0 Å². The van der Waals surface area contributed by atoms with Crippen LogP contribution in [0.25, 0.3) is 0 Å². The van der Waals surface area contributed by atoms with Gasteiger partial charge in [-0.1, -0.05) is 42.5 Å². The van der Waals surface area contributed by atoms with Crippen LogP contribution in [0.5, 0.6) is 5.75 Å². The summed E-state index contributed by atoms with van der Waals surface area (Å²) in [6.45, 7) is 10.1. The lowest BCUT2D eigenvalue weighted by Gasteiger charge is -2.44. The van der Waals surface area contributed by atoms with Crippen LogP contribution in [0.4, 0.5) is 5.69 Å². The van der Waals surface area contributed by atoms with Crippen LogP contribution in [0.15, 0.2) is 60.7 Å². The Bertz CT molecular complexity index is 786. The summed E-state index contributed by atoms with van der Waals surface area (Å²) < 4.78 is 19.0. The molecule has 0 bridgehead atoms. The Morgan fingerprint density at radius 2 is 1.89 bits per heavy atom. The highest BCUT2D eigenvalue weighted by Crippen LogP contribution is 2.44. The van der Waals surface area contributed by atoms with Gasteiger partial charge in [-0.2, -0.15) is 0 Å². The molecule has 4 nitrogen and oxygen atoms in total. The van der Waals surface area contributed by atoms with E-state index in [2.05, 4.69) is 44.3 Å². The average Bonchev–Trinajstić information content (AvgIpc) is 2.68. The Morgan fingerprint density at radius 3 is 2.61 bits per heavy atom. The Balaban J connectivity index is 1.93. The first kappa shape index (κ1) is 20.4. The smallest absolute Gasteiger partial charge is 0.132 e. The summed E-state index contributed by atoms with van der Waals surface area (Å²) in [6.07, 6.45) is 3.56. The SMILES string of the molecule is CC=CCOC1C(OCc2ccccc2)c2cc(NCC)ccc2OC1(C)C. The van der Waals surface area contributed by atoms with Crippen molar-refractivity contribution in [2.45, 2.75) is 52.1 Å². The zero-order valence-electron chi connectivity index (χ0n) is 17.3. The zero-order chi connectivity index (χ0) is 20.0. The fraction of sp³-hybridized carbons (Fsp3) is 0.417. The highest BCUT2D eigenvalue weighted by Gasteiger charge is 2.45. The van der Waals surface area contributed by atoms with Crippen LogP contribution in [0.1, 0.15) is 44.9 Å². The molecule has 0 radical (unpaired) electrons. The van der Waals surface area contributed by atoms with Crippen LogP contribution >= 0.6 is 0 Å². The predicted octanol–water partition coefficient (Wildman–Crippen LogP) is 5.51. The van der Waals surface area contributed by atoms with Crippen molar-refractivity contribution in [3.8, 4) is 5.75 Å². The van der Waals surface area contributed by atoms with E-state index in [1.807, 2.05) is 49.4 Å². The summed E-state index contributed by atoms with van der Waals surface area (Å²) >= 11 is 0. The fourth-order valence-corrected chi connectivity index (χ4v) is 3.53. The molecule has 1 aliphatic heterocycles. The maximum Gasteiger partial charge on any atom is 0.132 e. The second-order valence-electron chi connectivity index (χ2n) is 7.53. The van der Waals surface area contributed by atoms with Crippen molar-refractivity contribution >= 4 is 5.69 Å².